The quantitative estimate of drug-likeness (QED) is 0.589. The van der Waals surface area contributed by atoms with E-state index in [-0.39, 0.29) is 0 Å². The molecule has 0 aromatic carbocycles. The summed E-state index contributed by atoms with van der Waals surface area (Å²) in [5.74, 6) is 0.706. The zero-order valence-electron chi connectivity index (χ0n) is 6.72. The van der Waals surface area contributed by atoms with Gasteiger partial charge in [-0.3, -0.25) is 0 Å². The van der Waals surface area contributed by atoms with Crippen LogP contribution < -0.4 is 5.73 Å². The van der Waals surface area contributed by atoms with E-state index in [1.54, 1.807) is 0 Å². The van der Waals surface area contributed by atoms with Crippen LogP contribution in [0.1, 0.15) is 26.7 Å². The van der Waals surface area contributed by atoms with Crippen molar-refractivity contribution in [2.75, 3.05) is 0 Å². The minimum absolute atomic E-state index is 0.706. The molecule has 0 saturated heterocycles. The molecule has 1 unspecified atom stereocenters. The van der Waals surface area contributed by atoms with Crippen LogP contribution in [-0.4, -0.2) is 0 Å². The smallest absolute Gasteiger partial charge is 0.0273 e. The van der Waals surface area contributed by atoms with Gasteiger partial charge in [-0.25, -0.2) is 0 Å². The summed E-state index contributed by atoms with van der Waals surface area (Å²) in [6, 6.07) is 0. The van der Waals surface area contributed by atoms with Gasteiger partial charge < -0.3 is 5.73 Å². The topological polar surface area (TPSA) is 26.0 Å². The van der Waals surface area contributed by atoms with Gasteiger partial charge in [0.2, 0.25) is 0 Å². The Labute approximate surface area is 62.6 Å². The van der Waals surface area contributed by atoms with Gasteiger partial charge in [0.15, 0.2) is 0 Å². The molecule has 1 heteroatoms. The monoisotopic (exact) mass is 137 g/mol. The van der Waals surface area contributed by atoms with Crippen molar-refractivity contribution >= 4 is 0 Å². The number of allylic oxidation sites excluding steroid dienone is 3. The summed E-state index contributed by atoms with van der Waals surface area (Å²) < 4.78 is 0. The van der Waals surface area contributed by atoms with E-state index in [9.17, 15) is 0 Å². The maximum absolute atomic E-state index is 5.65. The Morgan fingerprint density at radius 2 is 2.40 bits per heavy atom. The van der Waals surface area contributed by atoms with Crippen molar-refractivity contribution < 1.29 is 0 Å². The summed E-state index contributed by atoms with van der Waals surface area (Å²) in [7, 11) is 0. The molecule has 0 fully saturated rings. The maximum Gasteiger partial charge on any atom is 0.0273 e. The Balaban J connectivity index is 2.73. The van der Waals surface area contributed by atoms with Gasteiger partial charge in [-0.2, -0.15) is 0 Å². The molecule has 1 atom stereocenters. The maximum atomic E-state index is 5.65. The van der Waals surface area contributed by atoms with E-state index in [2.05, 4.69) is 26.0 Å². The molecule has 0 bridgehead atoms. The van der Waals surface area contributed by atoms with Crippen molar-refractivity contribution in [2.24, 2.45) is 11.7 Å². The van der Waals surface area contributed by atoms with Crippen molar-refractivity contribution in [1.29, 1.82) is 0 Å². The Morgan fingerprint density at radius 1 is 1.70 bits per heavy atom. The molecule has 56 valence electrons. The second-order valence-electron chi connectivity index (χ2n) is 2.91. The van der Waals surface area contributed by atoms with Crippen LogP contribution in [0.15, 0.2) is 23.4 Å². The SMILES string of the molecule is CCC1=CC(N)=CCC1C. The lowest BCUT2D eigenvalue weighted by Gasteiger charge is -2.17. The highest BCUT2D eigenvalue weighted by Gasteiger charge is 2.09. The predicted molar refractivity (Wildman–Crippen MR) is 44.4 cm³/mol. The Kier molecular flexibility index (Phi) is 2.15. The van der Waals surface area contributed by atoms with Crippen LogP contribution in [0.25, 0.3) is 0 Å². The first kappa shape index (κ1) is 7.39. The molecule has 0 heterocycles. The highest BCUT2D eigenvalue weighted by atomic mass is 14.6. The van der Waals surface area contributed by atoms with Gasteiger partial charge in [0, 0.05) is 5.70 Å². The van der Waals surface area contributed by atoms with Crippen molar-refractivity contribution in [1.82, 2.24) is 0 Å². The second kappa shape index (κ2) is 2.91. The summed E-state index contributed by atoms with van der Waals surface area (Å²) in [4.78, 5) is 0. The van der Waals surface area contributed by atoms with E-state index in [1.807, 2.05) is 0 Å². The Hall–Kier alpha value is -0.720. The van der Waals surface area contributed by atoms with Gasteiger partial charge >= 0.3 is 0 Å². The lowest BCUT2D eigenvalue weighted by molar-refractivity contribution is 0.654. The Morgan fingerprint density at radius 3 is 2.90 bits per heavy atom. The summed E-state index contributed by atoms with van der Waals surface area (Å²) >= 11 is 0. The zero-order chi connectivity index (χ0) is 7.56. The van der Waals surface area contributed by atoms with E-state index in [4.69, 9.17) is 5.73 Å². The molecular weight excluding hydrogens is 122 g/mol. The molecule has 0 amide bonds. The number of hydrogen-bond acceptors (Lipinski definition) is 1. The third kappa shape index (κ3) is 1.41. The lowest BCUT2D eigenvalue weighted by atomic mass is 9.91. The largest absolute Gasteiger partial charge is 0.399 e. The average Bonchev–Trinajstić information content (AvgIpc) is 1.94. The van der Waals surface area contributed by atoms with E-state index >= 15 is 0 Å². The van der Waals surface area contributed by atoms with Crippen LogP contribution in [0.2, 0.25) is 0 Å². The minimum atomic E-state index is 0.706. The number of rotatable bonds is 1. The summed E-state index contributed by atoms with van der Waals surface area (Å²) in [6.45, 7) is 4.43. The van der Waals surface area contributed by atoms with Gasteiger partial charge in [0.25, 0.3) is 0 Å². The van der Waals surface area contributed by atoms with Gasteiger partial charge in [-0.15, -0.1) is 0 Å². The van der Waals surface area contributed by atoms with Crippen molar-refractivity contribution in [3.8, 4) is 0 Å². The molecule has 2 N–H and O–H groups in total. The average molecular weight is 137 g/mol. The third-order valence-corrected chi connectivity index (χ3v) is 2.10. The van der Waals surface area contributed by atoms with Crippen LogP contribution in [0.3, 0.4) is 0 Å². The van der Waals surface area contributed by atoms with E-state index in [0.717, 1.165) is 18.5 Å². The third-order valence-electron chi connectivity index (χ3n) is 2.10. The summed E-state index contributed by atoms with van der Waals surface area (Å²) in [5.41, 5.74) is 8.07. The fourth-order valence-electron chi connectivity index (χ4n) is 1.33. The normalized spacial score (nSPS) is 25.6. The van der Waals surface area contributed by atoms with Gasteiger partial charge in [0.05, 0.1) is 0 Å². The molecule has 0 aliphatic heterocycles. The predicted octanol–water partition coefficient (Wildman–Crippen LogP) is 2.21. The van der Waals surface area contributed by atoms with Crippen molar-refractivity contribution in [3.05, 3.63) is 23.4 Å². The molecule has 1 aliphatic rings. The molecule has 0 aromatic heterocycles. The first-order valence-electron chi connectivity index (χ1n) is 3.90. The van der Waals surface area contributed by atoms with Crippen LogP contribution in [0, 0.1) is 5.92 Å². The fourth-order valence-corrected chi connectivity index (χ4v) is 1.33. The first-order chi connectivity index (χ1) is 4.74. The molecule has 0 saturated carbocycles. The molecule has 1 nitrogen and oxygen atoms in total. The van der Waals surface area contributed by atoms with Crippen molar-refractivity contribution in [3.63, 3.8) is 0 Å². The highest BCUT2D eigenvalue weighted by Crippen LogP contribution is 2.23. The van der Waals surface area contributed by atoms with Gasteiger partial charge in [-0.05, 0) is 24.8 Å². The second-order valence-corrected chi connectivity index (χ2v) is 2.91. The van der Waals surface area contributed by atoms with E-state index in [0.29, 0.717) is 5.92 Å². The molecule has 0 aromatic rings. The van der Waals surface area contributed by atoms with E-state index < -0.39 is 0 Å². The van der Waals surface area contributed by atoms with Crippen LogP contribution in [0.5, 0.6) is 0 Å². The molecule has 0 radical (unpaired) electrons. The Bertz CT molecular complexity index is 177. The fraction of sp³-hybridized carbons (Fsp3) is 0.556. The first-order valence-corrected chi connectivity index (χ1v) is 3.90. The standard InChI is InChI=1S/C9H15N/c1-3-8-6-9(10)5-4-7(8)2/h5-7H,3-4,10H2,1-2H3. The molecule has 10 heavy (non-hydrogen) atoms. The summed E-state index contributed by atoms with van der Waals surface area (Å²) in [5, 5.41) is 0. The van der Waals surface area contributed by atoms with Crippen molar-refractivity contribution in [2.45, 2.75) is 26.7 Å². The van der Waals surface area contributed by atoms with Crippen LogP contribution >= 0.6 is 0 Å². The number of hydrogen-bond donors (Lipinski definition) is 1. The minimum Gasteiger partial charge on any atom is -0.399 e. The molecular formula is C9H15N. The molecule has 0 spiro atoms. The van der Waals surface area contributed by atoms with Crippen LogP contribution in [-0.2, 0) is 0 Å². The van der Waals surface area contributed by atoms with Gasteiger partial charge in [0.1, 0.15) is 0 Å². The lowest BCUT2D eigenvalue weighted by Crippen LogP contribution is -2.07. The molecule has 1 aliphatic carbocycles. The highest BCUT2D eigenvalue weighted by molar-refractivity contribution is 5.26. The van der Waals surface area contributed by atoms with Gasteiger partial charge in [-0.1, -0.05) is 25.5 Å². The van der Waals surface area contributed by atoms with Crippen LogP contribution in [0.4, 0.5) is 0 Å². The zero-order valence-corrected chi connectivity index (χ0v) is 6.72. The summed E-state index contributed by atoms with van der Waals surface area (Å²) in [6.07, 6.45) is 6.46. The number of nitrogens with two attached hydrogens (primary N) is 1. The molecule has 1 rings (SSSR count). The van der Waals surface area contributed by atoms with E-state index in [1.165, 1.54) is 5.57 Å².